The Morgan fingerprint density at radius 3 is 2.15 bits per heavy atom. The Balaban J connectivity index is 1.52. The number of esters is 1. The second-order valence-electron chi connectivity index (χ2n) is 6.53. The highest BCUT2D eigenvalue weighted by atomic mass is 16.5. The predicted octanol–water partition coefficient (Wildman–Crippen LogP) is 3.88. The number of carboxylic acids is 1. The summed E-state index contributed by atoms with van der Waals surface area (Å²) in [5.41, 5.74) is 4.42. The van der Waals surface area contributed by atoms with Gasteiger partial charge in [-0.2, -0.15) is 0 Å². The molecule has 1 heterocycles. The molecular weight excluding hydrogens is 344 g/mol. The van der Waals surface area contributed by atoms with E-state index in [9.17, 15) is 14.7 Å². The lowest BCUT2D eigenvalue weighted by Crippen LogP contribution is -2.29. The van der Waals surface area contributed by atoms with Gasteiger partial charge in [-0.15, -0.1) is 0 Å². The molecule has 4 rings (SSSR count). The predicted molar refractivity (Wildman–Crippen MR) is 98.2 cm³/mol. The fraction of sp³-hybridized carbons (Fsp3) is 0.182. The fourth-order valence-electron chi connectivity index (χ4n) is 3.61. The summed E-state index contributed by atoms with van der Waals surface area (Å²) in [4.78, 5) is 24.0. The largest absolute Gasteiger partial charge is 0.481 e. The molecule has 0 radical (unpaired) electrons. The van der Waals surface area contributed by atoms with Crippen LogP contribution in [0.25, 0.3) is 11.1 Å². The van der Waals surface area contributed by atoms with Crippen LogP contribution in [0.5, 0.6) is 0 Å². The lowest BCUT2D eigenvalue weighted by atomic mass is 9.98. The van der Waals surface area contributed by atoms with Crippen molar-refractivity contribution >= 4 is 11.9 Å². The van der Waals surface area contributed by atoms with Crippen LogP contribution < -0.4 is 0 Å². The van der Waals surface area contributed by atoms with E-state index in [0.717, 1.165) is 22.3 Å². The van der Waals surface area contributed by atoms with E-state index in [0.29, 0.717) is 5.76 Å². The Hall–Kier alpha value is -3.34. The third-order valence-corrected chi connectivity index (χ3v) is 4.92. The first kappa shape index (κ1) is 17.1. The molecule has 136 valence electrons. The number of benzene rings is 2. The molecule has 0 aliphatic heterocycles. The van der Waals surface area contributed by atoms with Crippen LogP contribution in [0.4, 0.5) is 0 Å². The van der Waals surface area contributed by atoms with Crippen LogP contribution in [0.15, 0.2) is 71.3 Å². The molecule has 0 saturated heterocycles. The molecule has 5 heteroatoms. The number of rotatable bonds is 6. The molecule has 0 spiro atoms. The van der Waals surface area contributed by atoms with Gasteiger partial charge in [-0.05, 0) is 34.4 Å². The Labute approximate surface area is 156 Å². The third kappa shape index (κ3) is 3.24. The van der Waals surface area contributed by atoms with Gasteiger partial charge in [-0.25, -0.2) is 0 Å². The summed E-state index contributed by atoms with van der Waals surface area (Å²) in [6, 6.07) is 19.3. The molecule has 1 atom stereocenters. The van der Waals surface area contributed by atoms with Gasteiger partial charge in [-0.3, -0.25) is 9.59 Å². The number of carbonyl (C=O) groups is 2. The minimum absolute atomic E-state index is 0.0288. The zero-order valence-electron chi connectivity index (χ0n) is 14.5. The van der Waals surface area contributed by atoms with Crippen molar-refractivity contribution in [1.29, 1.82) is 0 Å². The number of fused-ring (bicyclic) bond motifs is 3. The summed E-state index contributed by atoms with van der Waals surface area (Å²) in [5, 5.41) is 9.41. The standard InChI is InChI=1S/C22H18O5/c23-21(24)19(12-14-6-5-11-26-14)22(25)27-13-20-17-9-3-1-7-15(17)16-8-2-4-10-18(16)20/h1-11,19-20H,12-13H2,(H,23,24). The Kier molecular flexibility index (Phi) is 4.50. The summed E-state index contributed by atoms with van der Waals surface area (Å²) in [5.74, 6) is -2.91. The number of carbonyl (C=O) groups excluding carboxylic acids is 1. The van der Waals surface area contributed by atoms with Crippen molar-refractivity contribution in [3.05, 3.63) is 83.8 Å². The van der Waals surface area contributed by atoms with Crippen LogP contribution in [0.1, 0.15) is 22.8 Å². The van der Waals surface area contributed by atoms with Gasteiger partial charge >= 0.3 is 11.9 Å². The van der Waals surface area contributed by atoms with E-state index in [-0.39, 0.29) is 18.9 Å². The molecule has 1 aromatic heterocycles. The van der Waals surface area contributed by atoms with E-state index in [1.54, 1.807) is 12.1 Å². The van der Waals surface area contributed by atoms with Gasteiger partial charge in [0.1, 0.15) is 12.4 Å². The number of furan rings is 1. The first-order valence-electron chi connectivity index (χ1n) is 8.75. The highest BCUT2D eigenvalue weighted by Crippen LogP contribution is 2.44. The number of carboxylic acid groups (broad SMARTS) is 1. The minimum atomic E-state index is -1.29. The second kappa shape index (κ2) is 7.11. The topological polar surface area (TPSA) is 76.7 Å². The van der Waals surface area contributed by atoms with Crippen LogP contribution in [-0.2, 0) is 20.7 Å². The van der Waals surface area contributed by atoms with Crippen molar-refractivity contribution in [2.24, 2.45) is 5.92 Å². The zero-order valence-corrected chi connectivity index (χ0v) is 14.5. The highest BCUT2D eigenvalue weighted by Gasteiger charge is 2.33. The molecule has 0 fully saturated rings. The molecule has 5 nitrogen and oxygen atoms in total. The first-order chi connectivity index (χ1) is 13.1. The van der Waals surface area contributed by atoms with Crippen LogP contribution in [-0.4, -0.2) is 23.7 Å². The molecule has 1 N–H and O–H groups in total. The molecule has 0 bridgehead atoms. The van der Waals surface area contributed by atoms with Gasteiger partial charge in [-0.1, -0.05) is 48.5 Å². The van der Waals surface area contributed by atoms with Crippen molar-refractivity contribution in [3.8, 4) is 11.1 Å². The maximum Gasteiger partial charge on any atom is 0.320 e. The molecule has 2 aromatic carbocycles. The Morgan fingerprint density at radius 2 is 1.59 bits per heavy atom. The highest BCUT2D eigenvalue weighted by molar-refractivity contribution is 5.94. The summed E-state index contributed by atoms with van der Waals surface area (Å²) >= 11 is 0. The number of hydrogen-bond acceptors (Lipinski definition) is 4. The van der Waals surface area contributed by atoms with Gasteiger partial charge in [0, 0.05) is 12.3 Å². The SMILES string of the molecule is O=C(O)C(Cc1ccco1)C(=O)OCC1c2ccccc2-c2ccccc21. The quantitative estimate of drug-likeness (QED) is 0.532. The maximum absolute atomic E-state index is 12.4. The van der Waals surface area contributed by atoms with Crippen molar-refractivity contribution < 1.29 is 23.8 Å². The van der Waals surface area contributed by atoms with Crippen molar-refractivity contribution in [1.82, 2.24) is 0 Å². The molecule has 1 aliphatic carbocycles. The number of ether oxygens (including phenoxy) is 1. The van der Waals surface area contributed by atoms with Crippen molar-refractivity contribution in [3.63, 3.8) is 0 Å². The summed E-state index contributed by atoms with van der Waals surface area (Å²) in [6.45, 7) is 0.106. The van der Waals surface area contributed by atoms with E-state index in [2.05, 4.69) is 0 Å². The van der Waals surface area contributed by atoms with E-state index in [1.807, 2.05) is 48.5 Å². The van der Waals surface area contributed by atoms with Crippen molar-refractivity contribution in [2.75, 3.05) is 6.61 Å². The van der Waals surface area contributed by atoms with Crippen LogP contribution >= 0.6 is 0 Å². The number of hydrogen-bond donors (Lipinski definition) is 1. The lowest BCUT2D eigenvalue weighted by Gasteiger charge is -2.16. The maximum atomic E-state index is 12.4. The second-order valence-corrected chi connectivity index (χ2v) is 6.53. The summed E-state index contributed by atoms with van der Waals surface area (Å²) < 4.78 is 10.6. The van der Waals surface area contributed by atoms with Crippen LogP contribution in [0.3, 0.4) is 0 Å². The van der Waals surface area contributed by atoms with Gasteiger partial charge < -0.3 is 14.3 Å². The van der Waals surface area contributed by atoms with Gasteiger partial charge in [0.15, 0.2) is 5.92 Å². The molecule has 1 aliphatic rings. The number of aliphatic carboxylic acids is 1. The fourth-order valence-corrected chi connectivity index (χ4v) is 3.61. The van der Waals surface area contributed by atoms with E-state index >= 15 is 0 Å². The van der Waals surface area contributed by atoms with E-state index in [4.69, 9.17) is 9.15 Å². The lowest BCUT2D eigenvalue weighted by molar-refractivity contribution is -0.158. The molecule has 27 heavy (non-hydrogen) atoms. The van der Waals surface area contributed by atoms with Crippen molar-refractivity contribution in [2.45, 2.75) is 12.3 Å². The molecule has 1 unspecified atom stereocenters. The first-order valence-corrected chi connectivity index (χ1v) is 8.75. The average molecular weight is 362 g/mol. The van der Waals surface area contributed by atoms with Crippen LogP contribution in [0.2, 0.25) is 0 Å². The van der Waals surface area contributed by atoms with E-state index < -0.39 is 17.9 Å². The Morgan fingerprint density at radius 1 is 0.963 bits per heavy atom. The molecular formula is C22H18O5. The normalized spacial score (nSPS) is 13.6. The summed E-state index contributed by atoms with van der Waals surface area (Å²) in [7, 11) is 0. The summed E-state index contributed by atoms with van der Waals surface area (Å²) in [6.07, 6.45) is 1.42. The smallest absolute Gasteiger partial charge is 0.320 e. The van der Waals surface area contributed by atoms with E-state index in [1.165, 1.54) is 6.26 Å². The Bertz CT molecular complexity index is 928. The third-order valence-electron chi connectivity index (χ3n) is 4.92. The molecule has 0 amide bonds. The minimum Gasteiger partial charge on any atom is -0.481 e. The molecule has 3 aromatic rings. The average Bonchev–Trinajstić information content (AvgIpc) is 3.30. The van der Waals surface area contributed by atoms with Gasteiger partial charge in [0.25, 0.3) is 0 Å². The monoisotopic (exact) mass is 362 g/mol. The van der Waals surface area contributed by atoms with Gasteiger partial charge in [0.05, 0.1) is 6.26 Å². The van der Waals surface area contributed by atoms with Gasteiger partial charge in [0.2, 0.25) is 0 Å². The molecule has 0 saturated carbocycles. The zero-order chi connectivity index (χ0) is 18.8. The van der Waals surface area contributed by atoms with Crippen LogP contribution in [0, 0.1) is 5.92 Å².